The van der Waals surface area contributed by atoms with Gasteiger partial charge in [-0.2, -0.15) is 18.3 Å². The molecule has 0 aliphatic carbocycles. The zero-order chi connectivity index (χ0) is 22.6. The average molecular weight is 434 g/mol. The third kappa shape index (κ3) is 5.93. The first-order valence-corrected chi connectivity index (χ1v) is 9.40. The second-order valence-electron chi connectivity index (χ2n) is 7.04. The lowest BCUT2D eigenvalue weighted by Gasteiger charge is -2.14. The molecule has 0 aliphatic rings. The van der Waals surface area contributed by atoms with Gasteiger partial charge in [0, 0.05) is 36.7 Å². The summed E-state index contributed by atoms with van der Waals surface area (Å²) in [6.07, 6.45) is 2.05. The summed E-state index contributed by atoms with van der Waals surface area (Å²) in [4.78, 5) is 28.5. The fourth-order valence-electron chi connectivity index (χ4n) is 3.07. The molecule has 0 bridgehead atoms. The lowest BCUT2D eigenvalue weighted by Crippen LogP contribution is -2.19. The van der Waals surface area contributed by atoms with Gasteiger partial charge in [0.25, 0.3) is 0 Å². The Kier molecular flexibility index (Phi) is 6.42. The quantitative estimate of drug-likeness (QED) is 0.594. The van der Waals surface area contributed by atoms with Gasteiger partial charge in [0.05, 0.1) is 17.4 Å². The van der Waals surface area contributed by atoms with Gasteiger partial charge in [0.15, 0.2) is 0 Å². The molecule has 164 valence electrons. The molecule has 11 heteroatoms. The molecule has 2 heterocycles. The molecule has 2 amide bonds. The minimum Gasteiger partial charge on any atom is -0.332 e. The van der Waals surface area contributed by atoms with E-state index in [9.17, 15) is 22.8 Å². The number of hydrogen-bond donors (Lipinski definition) is 2. The molecule has 2 aromatic heterocycles. The van der Waals surface area contributed by atoms with Crippen molar-refractivity contribution in [3.63, 3.8) is 0 Å². The first-order valence-electron chi connectivity index (χ1n) is 9.40. The second-order valence-corrected chi connectivity index (χ2v) is 7.04. The molecule has 0 aliphatic heterocycles. The van der Waals surface area contributed by atoms with E-state index < -0.39 is 17.6 Å². The van der Waals surface area contributed by atoms with Crippen molar-refractivity contribution < 1.29 is 22.8 Å². The van der Waals surface area contributed by atoms with Gasteiger partial charge >= 0.3 is 6.18 Å². The van der Waals surface area contributed by atoms with Crippen LogP contribution in [0.2, 0.25) is 0 Å². The van der Waals surface area contributed by atoms with Crippen LogP contribution in [0.1, 0.15) is 30.8 Å². The van der Waals surface area contributed by atoms with Gasteiger partial charge in [-0.05, 0) is 32.0 Å². The van der Waals surface area contributed by atoms with Crippen LogP contribution in [0, 0.1) is 6.92 Å². The number of imidazole rings is 1. The van der Waals surface area contributed by atoms with Gasteiger partial charge in [-0.1, -0.05) is 6.07 Å². The lowest BCUT2D eigenvalue weighted by atomic mass is 10.2. The average Bonchev–Trinajstić information content (AvgIpc) is 3.29. The lowest BCUT2D eigenvalue weighted by molar-refractivity contribution is -0.137. The number of rotatable bonds is 7. The molecule has 8 nitrogen and oxygen atoms in total. The summed E-state index contributed by atoms with van der Waals surface area (Å²) < 4.78 is 41.5. The van der Waals surface area contributed by atoms with E-state index in [1.54, 1.807) is 12.4 Å². The summed E-state index contributed by atoms with van der Waals surface area (Å²) in [7, 11) is 0. The summed E-state index contributed by atoms with van der Waals surface area (Å²) >= 11 is 0. The van der Waals surface area contributed by atoms with Gasteiger partial charge in [-0.3, -0.25) is 14.3 Å². The molecule has 3 rings (SSSR count). The Morgan fingerprint density at radius 1 is 1.16 bits per heavy atom. The minimum atomic E-state index is -4.50. The first kappa shape index (κ1) is 22.1. The van der Waals surface area contributed by atoms with Gasteiger partial charge in [0.2, 0.25) is 11.8 Å². The summed E-state index contributed by atoms with van der Waals surface area (Å²) in [5, 5.41) is 9.11. The summed E-state index contributed by atoms with van der Waals surface area (Å²) in [5.41, 5.74) is -0.412. The van der Waals surface area contributed by atoms with Crippen molar-refractivity contribution in [1.29, 1.82) is 0 Å². The predicted octanol–water partition coefficient (Wildman–Crippen LogP) is 3.64. The van der Waals surface area contributed by atoms with Crippen LogP contribution in [0.4, 0.5) is 24.5 Å². The third-order valence-electron chi connectivity index (χ3n) is 4.51. The van der Waals surface area contributed by atoms with Crippen LogP contribution < -0.4 is 10.6 Å². The van der Waals surface area contributed by atoms with Crippen molar-refractivity contribution in [2.45, 2.75) is 39.0 Å². The predicted molar refractivity (Wildman–Crippen MR) is 107 cm³/mol. The zero-order valence-corrected chi connectivity index (χ0v) is 16.8. The smallest absolute Gasteiger partial charge is 0.332 e. The normalized spacial score (nSPS) is 12.4. The van der Waals surface area contributed by atoms with E-state index in [1.165, 1.54) is 29.2 Å². The van der Waals surface area contributed by atoms with Crippen LogP contribution in [0.15, 0.2) is 49.1 Å². The topological polar surface area (TPSA) is 93.8 Å². The van der Waals surface area contributed by atoms with Crippen molar-refractivity contribution in [3.05, 3.63) is 60.4 Å². The molecular formula is C20H21F3N6O2. The highest BCUT2D eigenvalue weighted by Crippen LogP contribution is 2.30. The van der Waals surface area contributed by atoms with Gasteiger partial charge in [0.1, 0.15) is 12.4 Å². The molecule has 0 fully saturated rings. The number of carbonyl (C=O) groups excluding carboxylic acids is 2. The molecule has 0 saturated heterocycles. The SMILES string of the molecule is Cc1nccn1C(C)CC(=O)Nc1cnn(CC(=O)Nc2cccc(C(F)(F)F)c2)c1. The minimum absolute atomic E-state index is 0.0318. The van der Waals surface area contributed by atoms with E-state index in [0.29, 0.717) is 5.69 Å². The molecule has 0 spiro atoms. The van der Waals surface area contributed by atoms with Crippen LogP contribution in [-0.4, -0.2) is 31.1 Å². The largest absolute Gasteiger partial charge is 0.416 e. The molecule has 0 saturated carbocycles. The number of hydrogen-bond acceptors (Lipinski definition) is 4. The van der Waals surface area contributed by atoms with Crippen LogP contribution in [0.5, 0.6) is 0 Å². The Balaban J connectivity index is 1.53. The number of nitrogens with zero attached hydrogens (tertiary/aromatic N) is 4. The first-order chi connectivity index (χ1) is 14.6. The monoisotopic (exact) mass is 434 g/mol. The van der Waals surface area contributed by atoms with Crippen LogP contribution in [-0.2, 0) is 22.3 Å². The molecular weight excluding hydrogens is 413 g/mol. The summed E-state index contributed by atoms with van der Waals surface area (Å²) in [6.45, 7) is 3.52. The van der Waals surface area contributed by atoms with Crippen LogP contribution in [0.25, 0.3) is 0 Å². The molecule has 1 unspecified atom stereocenters. The Morgan fingerprint density at radius 2 is 1.90 bits per heavy atom. The highest BCUT2D eigenvalue weighted by atomic mass is 19.4. The van der Waals surface area contributed by atoms with E-state index in [2.05, 4.69) is 20.7 Å². The molecule has 2 N–H and O–H groups in total. The van der Waals surface area contributed by atoms with Gasteiger partial charge in [-0.25, -0.2) is 4.98 Å². The molecule has 0 radical (unpaired) electrons. The highest BCUT2D eigenvalue weighted by Gasteiger charge is 2.30. The Bertz CT molecular complexity index is 1070. The van der Waals surface area contributed by atoms with Crippen LogP contribution in [0.3, 0.4) is 0 Å². The summed E-state index contributed by atoms with van der Waals surface area (Å²) in [6, 6.07) is 4.27. The van der Waals surface area contributed by atoms with E-state index in [-0.39, 0.29) is 30.6 Å². The van der Waals surface area contributed by atoms with Gasteiger partial charge < -0.3 is 15.2 Å². The fourth-order valence-corrected chi connectivity index (χ4v) is 3.07. The maximum atomic E-state index is 12.8. The molecule has 3 aromatic rings. The van der Waals surface area contributed by atoms with Crippen molar-refractivity contribution in [1.82, 2.24) is 19.3 Å². The highest BCUT2D eigenvalue weighted by molar-refractivity contribution is 5.91. The molecule has 1 aromatic carbocycles. The second kappa shape index (κ2) is 9.02. The fraction of sp³-hybridized carbons (Fsp3) is 0.300. The van der Waals surface area contributed by atoms with Crippen molar-refractivity contribution in [2.24, 2.45) is 0 Å². The van der Waals surface area contributed by atoms with E-state index >= 15 is 0 Å². The summed E-state index contributed by atoms with van der Waals surface area (Å²) in [5.74, 6) is 0.0259. The maximum Gasteiger partial charge on any atom is 0.416 e. The Morgan fingerprint density at radius 3 is 2.58 bits per heavy atom. The number of aromatic nitrogens is 4. The number of nitrogens with one attached hydrogen (secondary N) is 2. The number of alkyl halides is 3. The zero-order valence-electron chi connectivity index (χ0n) is 16.8. The number of halogens is 3. The number of amides is 2. The van der Waals surface area contributed by atoms with E-state index in [4.69, 9.17) is 0 Å². The number of benzene rings is 1. The van der Waals surface area contributed by atoms with E-state index in [1.807, 2.05) is 18.4 Å². The van der Waals surface area contributed by atoms with E-state index in [0.717, 1.165) is 18.0 Å². The molecule has 31 heavy (non-hydrogen) atoms. The van der Waals surface area contributed by atoms with Crippen molar-refractivity contribution >= 4 is 23.2 Å². The number of anilines is 2. The Labute approximate surface area is 176 Å². The number of carbonyl (C=O) groups is 2. The van der Waals surface area contributed by atoms with Crippen molar-refractivity contribution in [3.8, 4) is 0 Å². The Hall–Kier alpha value is -3.63. The third-order valence-corrected chi connectivity index (χ3v) is 4.51. The number of aryl methyl sites for hydroxylation is 1. The maximum absolute atomic E-state index is 12.8. The van der Waals surface area contributed by atoms with Crippen molar-refractivity contribution in [2.75, 3.05) is 10.6 Å². The standard InChI is InChI=1S/C20H21F3N6O2/c1-13(29-7-6-24-14(29)2)8-18(30)27-17-10-25-28(11-17)12-19(31)26-16-5-3-4-15(9-16)20(21,22)23/h3-7,9-11,13H,8,12H2,1-2H3,(H,26,31)(H,27,30). The van der Waals surface area contributed by atoms with Crippen LogP contribution >= 0.6 is 0 Å². The van der Waals surface area contributed by atoms with Gasteiger partial charge in [-0.15, -0.1) is 0 Å². The molecule has 1 atom stereocenters.